The Bertz CT molecular complexity index is 3440. The fourth-order valence-corrected chi connectivity index (χ4v) is 20.2. The van der Waals surface area contributed by atoms with Gasteiger partial charge in [0.1, 0.15) is 34.9 Å². The van der Waals surface area contributed by atoms with Crippen LogP contribution in [0.5, 0.6) is 0 Å². The van der Waals surface area contributed by atoms with Crippen LogP contribution in [0.4, 0.5) is 86.1 Å². The minimum absolute atomic E-state index is 0.180. The van der Waals surface area contributed by atoms with Crippen molar-refractivity contribution in [2.45, 2.75) is 0 Å². The Balaban J connectivity index is 1.72. The van der Waals surface area contributed by atoms with E-state index in [9.17, 15) is 0 Å². The highest BCUT2D eigenvalue weighted by Crippen LogP contribution is 2.60. The van der Waals surface area contributed by atoms with E-state index in [4.69, 9.17) is 46.7 Å². The van der Waals surface area contributed by atoms with Gasteiger partial charge in [0.15, 0.2) is 48.1 Å². The molecule has 1 aliphatic rings. The Morgan fingerprint density at radius 1 is 0.299 bits per heavy atom. The maximum atomic E-state index is 5.76. The average Bonchev–Trinajstić information content (AvgIpc) is 0.892. The Hall–Kier alpha value is -6.18. The number of rotatable bonds is 21. The zero-order valence-corrected chi connectivity index (χ0v) is 57.7. The minimum Gasteiger partial charge on any atom is -0.279 e. The maximum Gasteiger partial charge on any atom is 0.192 e. The fourth-order valence-electron chi connectivity index (χ4n) is 10.2. The van der Waals surface area contributed by atoms with Crippen molar-refractivity contribution in [2.24, 2.45) is 76.3 Å². The summed E-state index contributed by atoms with van der Waals surface area (Å²) in [6.07, 6.45) is 0. The van der Waals surface area contributed by atoms with E-state index in [1.165, 1.54) is 0 Å². The highest BCUT2D eigenvalue weighted by Gasteiger charge is 2.33. The second-order valence-electron chi connectivity index (χ2n) is 20.9. The molecule has 0 saturated carbocycles. The van der Waals surface area contributed by atoms with Gasteiger partial charge < -0.3 is 0 Å². The van der Waals surface area contributed by atoms with Crippen molar-refractivity contribution in [3.05, 3.63) is 109 Å². The van der Waals surface area contributed by atoms with Crippen molar-refractivity contribution in [2.75, 3.05) is 142 Å². The molecule has 87 heavy (non-hydrogen) atoms. The number of pyridine rings is 3. The molecule has 0 amide bonds. The molecule has 1 aliphatic heterocycles. The Kier molecular flexibility index (Phi) is 23.5. The monoisotopic (exact) mass is 1300 g/mol. The Morgan fingerprint density at radius 3 is 0.736 bits per heavy atom. The Morgan fingerprint density at radius 2 is 0.506 bits per heavy atom. The molecule has 0 spiro atoms. The molecule has 0 atom stereocenters. The summed E-state index contributed by atoms with van der Waals surface area (Å²) in [7, 11) is 30.0. The van der Waals surface area contributed by atoms with Gasteiger partial charge >= 0.3 is 0 Å². The maximum absolute atomic E-state index is 5.76. The molecule has 0 unspecified atom stereocenters. The highest BCUT2D eigenvalue weighted by molar-refractivity contribution is 7.59. The molecule has 30 nitrogen and oxygen atoms in total. The molecule has 6 bridgehead atoms. The van der Waals surface area contributed by atoms with Crippen molar-refractivity contribution in [3.8, 4) is 0 Å². The molecule has 0 fully saturated rings. The number of nitrogens with two attached hydrogens (primary N) is 3. The molecule has 7 rings (SSSR count). The SMILES string of the molecule is CN(C)P(=Nc1ccc(N2c3cc(N=P(N(C)C)(N(C)C)N(C)C)cc(n3)N(c3ccc(N=P(N(C)C)(N(C)C)N(C)C)cc3)c3cc(/N=N/P=N/N)cc(n3)N(c3ccc(/N=N/P=N/N)cc3)c3cc(/N=N\P=N\N)cc2n3)cc1)(N(C)C)N(C)C. The van der Waals surface area contributed by atoms with E-state index >= 15 is 0 Å². The van der Waals surface area contributed by atoms with Crippen molar-refractivity contribution in [1.29, 1.82) is 0 Å². The van der Waals surface area contributed by atoms with E-state index < -0.39 is 22.5 Å². The predicted molar refractivity (Wildman–Crippen MR) is 362 cm³/mol. The van der Waals surface area contributed by atoms with E-state index in [0.29, 0.717) is 74.7 Å². The van der Waals surface area contributed by atoms with Gasteiger partial charge in [-0.15, -0.1) is 30.0 Å². The van der Waals surface area contributed by atoms with Crippen LogP contribution < -0.4 is 32.2 Å². The largest absolute Gasteiger partial charge is 0.279 e. The van der Waals surface area contributed by atoms with Gasteiger partial charge in [0, 0.05) is 53.5 Å². The predicted octanol–water partition coefficient (Wildman–Crippen LogP) is 15.4. The van der Waals surface area contributed by atoms with Crippen molar-refractivity contribution < 1.29 is 0 Å². The molecule has 6 aromatic rings. The van der Waals surface area contributed by atoms with Gasteiger partial charge in [0.05, 0.1) is 34.1 Å². The van der Waals surface area contributed by atoms with Gasteiger partial charge in [0.2, 0.25) is 0 Å². The normalized spacial score (nSPS) is 13.9. The first-order valence-corrected chi connectivity index (χ1v) is 33.8. The van der Waals surface area contributed by atoms with Crippen molar-refractivity contribution in [3.63, 3.8) is 0 Å². The lowest BCUT2D eigenvalue weighted by atomic mass is 10.2. The second kappa shape index (κ2) is 29.9. The zero-order chi connectivity index (χ0) is 63.5. The average molecular weight is 1300 g/mol. The number of nitrogens with zero attached hydrogens (tertiary/aromatic N) is 27. The molecule has 0 aliphatic carbocycles. The molecular formula is C51H78N30P6. The van der Waals surface area contributed by atoms with Crippen LogP contribution in [0.15, 0.2) is 168 Å². The van der Waals surface area contributed by atoms with Gasteiger partial charge in [-0.3, -0.25) is 56.7 Å². The number of aromatic nitrogens is 3. The fraction of sp³-hybridized carbons (Fsp3) is 0.353. The summed E-state index contributed by atoms with van der Waals surface area (Å²) in [6, 6.07) is 34.6. The van der Waals surface area contributed by atoms with E-state index in [1.54, 1.807) is 12.1 Å². The number of fused-ring (bicyclic) bond motifs is 6. The van der Waals surface area contributed by atoms with E-state index in [1.807, 2.05) is 154 Å². The molecule has 462 valence electrons. The summed E-state index contributed by atoms with van der Waals surface area (Å²) in [5.74, 6) is 19.0. The van der Waals surface area contributed by atoms with Gasteiger partial charge in [-0.05, 0) is 200 Å². The number of hydrogen-bond donors (Lipinski definition) is 3. The summed E-state index contributed by atoms with van der Waals surface area (Å²) in [6.45, 7) is 0. The lowest BCUT2D eigenvalue weighted by Crippen LogP contribution is -2.30. The van der Waals surface area contributed by atoms with Crippen LogP contribution in [0.25, 0.3) is 0 Å². The van der Waals surface area contributed by atoms with Crippen LogP contribution in [0.1, 0.15) is 0 Å². The highest BCUT2D eigenvalue weighted by atomic mass is 31.2. The van der Waals surface area contributed by atoms with Crippen LogP contribution in [0.2, 0.25) is 0 Å². The summed E-state index contributed by atoms with van der Waals surface area (Å²) < 4.78 is 36.2. The van der Waals surface area contributed by atoms with Crippen LogP contribution >= 0.6 is 48.1 Å². The minimum atomic E-state index is -2.66. The number of hydrogen-bond acceptors (Lipinski definition) is 15. The molecule has 4 heterocycles. The van der Waals surface area contributed by atoms with Gasteiger partial charge in [-0.1, -0.05) is 0 Å². The zero-order valence-electron chi connectivity index (χ0n) is 52.4. The van der Waals surface area contributed by atoms with Crippen LogP contribution in [0, 0.1) is 0 Å². The second-order valence-corrected chi connectivity index (χ2v) is 33.7. The first-order chi connectivity index (χ1) is 41.4. The third-order valence-electron chi connectivity index (χ3n) is 13.4. The number of anilines is 9. The van der Waals surface area contributed by atoms with Crippen molar-refractivity contribution in [1.82, 2.24) is 57.0 Å². The number of benzene rings is 3. The van der Waals surface area contributed by atoms with E-state index in [-0.39, 0.29) is 25.6 Å². The molecule has 0 radical (unpaired) electrons. The molecule has 3 aromatic heterocycles. The first kappa shape index (κ1) is 68.3. The summed E-state index contributed by atoms with van der Waals surface area (Å²) in [5.41, 5.74) is 5.44. The third-order valence-corrected chi connectivity index (χ3v) is 25.4. The van der Waals surface area contributed by atoms with Crippen molar-refractivity contribution >= 4 is 134 Å². The first-order valence-electron chi connectivity index (χ1n) is 26.6. The quantitative estimate of drug-likeness (QED) is 0.0260. The van der Waals surface area contributed by atoms with Crippen LogP contribution in [-0.4, -0.2) is 184 Å². The lowest BCUT2D eigenvalue weighted by molar-refractivity contribution is 0.474. The molecule has 36 heteroatoms. The Labute approximate surface area is 515 Å². The van der Waals surface area contributed by atoms with E-state index in [0.717, 1.165) is 11.4 Å². The molecule has 6 N–H and O–H groups in total. The molecule has 0 saturated heterocycles. The molecular weight excluding hydrogens is 1220 g/mol. The topological polar surface area (TPSA) is 304 Å². The molecule has 3 aromatic carbocycles. The lowest BCUT2D eigenvalue weighted by Gasteiger charge is -2.41. The standard InChI is InChI=1S/C51H78N30P6/c1-70(2)85(71(3)4,72(5)6)61-38-21-27-44(28-22-38)80-48-33-40(59-68-83-65-53)31-46(55-48)79(43-25-19-37(20-26-43)58-67-82-64-52)47-32-41(60-69-84-66-54)34-49(56-47)81(45-29-23-39(24-30-45)62-86(73(7)8,74(9)10)75(11)12)51-36-42(35-50(80)57-51)63-87(76(13)14,77(15)16)78(17)18/h19-36H,52-54H2,1-18H3/b67-58+,68-59-,69-60+. The van der Waals surface area contributed by atoms with Crippen LogP contribution in [-0.2, 0) is 0 Å². The smallest absolute Gasteiger partial charge is 0.192 e. The summed E-state index contributed by atoms with van der Waals surface area (Å²) >= 11 is 0. The summed E-state index contributed by atoms with van der Waals surface area (Å²) in [4.78, 5) is 46.3. The van der Waals surface area contributed by atoms with Gasteiger partial charge in [-0.2, -0.15) is 14.6 Å². The van der Waals surface area contributed by atoms with E-state index in [2.05, 4.69) is 171 Å². The van der Waals surface area contributed by atoms with Gasteiger partial charge in [0.25, 0.3) is 0 Å². The summed E-state index contributed by atoms with van der Waals surface area (Å²) in [5, 5.41) is 13.7. The van der Waals surface area contributed by atoms with Gasteiger partial charge in [-0.25, -0.2) is 46.7 Å². The van der Waals surface area contributed by atoms with Crippen LogP contribution in [0.3, 0.4) is 0 Å². The third kappa shape index (κ3) is 14.9.